The van der Waals surface area contributed by atoms with E-state index in [2.05, 4.69) is 50.1 Å². The molecule has 1 aliphatic carbocycles. The largest absolute Gasteiger partial charge is 0.317 e. The van der Waals surface area contributed by atoms with Gasteiger partial charge in [-0.15, -0.1) is 0 Å². The quantitative estimate of drug-likeness (QED) is 0.873. The highest BCUT2D eigenvalue weighted by atomic mass is 14.8. The second-order valence-corrected chi connectivity index (χ2v) is 7.77. The predicted molar refractivity (Wildman–Crippen MR) is 90.3 cm³/mol. The van der Waals surface area contributed by atoms with Crippen molar-refractivity contribution in [3.63, 3.8) is 0 Å². The van der Waals surface area contributed by atoms with Gasteiger partial charge in [0.25, 0.3) is 0 Å². The number of pyridine rings is 1. The van der Waals surface area contributed by atoms with Gasteiger partial charge >= 0.3 is 0 Å². The van der Waals surface area contributed by atoms with E-state index in [1.54, 1.807) is 0 Å². The van der Waals surface area contributed by atoms with E-state index in [4.69, 9.17) is 0 Å². The average molecular weight is 288 g/mol. The highest BCUT2D eigenvalue weighted by molar-refractivity contribution is 5.10. The van der Waals surface area contributed by atoms with Crippen molar-refractivity contribution in [2.24, 2.45) is 23.2 Å². The molecule has 1 heterocycles. The van der Waals surface area contributed by atoms with Crippen molar-refractivity contribution in [1.82, 2.24) is 10.3 Å². The van der Waals surface area contributed by atoms with Crippen LogP contribution >= 0.6 is 0 Å². The fourth-order valence-electron chi connectivity index (χ4n) is 3.78. The molecule has 0 spiro atoms. The van der Waals surface area contributed by atoms with Gasteiger partial charge in [0, 0.05) is 12.4 Å². The number of hydrogen-bond acceptors (Lipinski definition) is 2. The molecule has 1 N–H and O–H groups in total. The van der Waals surface area contributed by atoms with Crippen molar-refractivity contribution >= 4 is 0 Å². The molecule has 1 saturated carbocycles. The van der Waals surface area contributed by atoms with Crippen molar-refractivity contribution < 1.29 is 0 Å². The van der Waals surface area contributed by atoms with Crippen molar-refractivity contribution in [1.29, 1.82) is 0 Å². The van der Waals surface area contributed by atoms with Crippen LogP contribution in [0, 0.1) is 23.2 Å². The second kappa shape index (κ2) is 7.40. The summed E-state index contributed by atoms with van der Waals surface area (Å²) in [5.41, 5.74) is 1.84. The average Bonchev–Trinajstić information content (AvgIpc) is 2.46. The van der Waals surface area contributed by atoms with E-state index < -0.39 is 0 Å². The van der Waals surface area contributed by atoms with Crippen LogP contribution in [-0.2, 0) is 6.42 Å². The first kappa shape index (κ1) is 16.5. The Labute approximate surface area is 130 Å². The first-order chi connectivity index (χ1) is 10.0. The van der Waals surface area contributed by atoms with Gasteiger partial charge in [0.2, 0.25) is 0 Å². The maximum atomic E-state index is 4.29. The van der Waals surface area contributed by atoms with Crippen LogP contribution in [-0.4, -0.2) is 18.1 Å². The minimum Gasteiger partial charge on any atom is -0.317 e. The van der Waals surface area contributed by atoms with Crippen molar-refractivity contribution in [2.75, 3.05) is 13.1 Å². The molecule has 0 radical (unpaired) electrons. The smallest absolute Gasteiger partial charge is 0.0299 e. The molecule has 2 heteroatoms. The number of aromatic nitrogens is 1. The molecule has 1 fully saturated rings. The first-order valence-corrected chi connectivity index (χ1v) is 8.60. The zero-order valence-electron chi connectivity index (χ0n) is 14.2. The van der Waals surface area contributed by atoms with E-state index in [1.807, 2.05) is 12.4 Å². The number of hydrogen-bond donors (Lipinski definition) is 1. The van der Waals surface area contributed by atoms with Crippen molar-refractivity contribution in [2.45, 2.75) is 53.4 Å². The number of nitrogens with zero attached hydrogens (tertiary/aromatic N) is 1. The SMILES string of the molecule is CCNCC1CCC(C(C)(C)C)CC1Cc1cccnc1. The molecule has 0 aromatic carbocycles. The third-order valence-corrected chi connectivity index (χ3v) is 5.24. The summed E-state index contributed by atoms with van der Waals surface area (Å²) in [6.45, 7) is 11.7. The Morgan fingerprint density at radius 3 is 2.67 bits per heavy atom. The van der Waals surface area contributed by atoms with E-state index in [1.165, 1.54) is 37.8 Å². The van der Waals surface area contributed by atoms with E-state index in [0.717, 1.165) is 24.3 Å². The van der Waals surface area contributed by atoms with E-state index in [-0.39, 0.29) is 0 Å². The second-order valence-electron chi connectivity index (χ2n) is 7.77. The summed E-state index contributed by atoms with van der Waals surface area (Å²) < 4.78 is 0. The molecule has 2 rings (SSSR count). The molecule has 0 saturated heterocycles. The number of nitrogens with one attached hydrogen (secondary N) is 1. The Kier molecular flexibility index (Phi) is 5.80. The van der Waals surface area contributed by atoms with Crippen molar-refractivity contribution in [3.8, 4) is 0 Å². The summed E-state index contributed by atoms with van der Waals surface area (Å²) in [6, 6.07) is 4.30. The molecule has 1 aliphatic rings. The lowest BCUT2D eigenvalue weighted by Gasteiger charge is -2.42. The normalized spacial score (nSPS) is 26.8. The van der Waals surface area contributed by atoms with E-state index >= 15 is 0 Å². The topological polar surface area (TPSA) is 24.9 Å². The van der Waals surface area contributed by atoms with Crippen LogP contribution in [0.2, 0.25) is 0 Å². The molecule has 0 bridgehead atoms. The van der Waals surface area contributed by atoms with Gasteiger partial charge in [-0.2, -0.15) is 0 Å². The summed E-state index contributed by atoms with van der Waals surface area (Å²) in [5, 5.41) is 3.57. The van der Waals surface area contributed by atoms with Crippen LogP contribution in [0.3, 0.4) is 0 Å². The Morgan fingerprint density at radius 1 is 1.24 bits per heavy atom. The third kappa shape index (κ3) is 4.81. The molecular formula is C19H32N2. The van der Waals surface area contributed by atoms with Gasteiger partial charge in [-0.05, 0) is 73.6 Å². The van der Waals surface area contributed by atoms with Gasteiger partial charge in [0.05, 0.1) is 0 Å². The molecule has 1 aromatic heterocycles. The molecule has 0 aliphatic heterocycles. The van der Waals surface area contributed by atoms with Gasteiger partial charge in [-0.1, -0.05) is 33.8 Å². The minimum absolute atomic E-state index is 0.441. The zero-order chi connectivity index (χ0) is 15.3. The monoisotopic (exact) mass is 288 g/mol. The molecular weight excluding hydrogens is 256 g/mol. The summed E-state index contributed by atoms with van der Waals surface area (Å²) in [7, 11) is 0. The van der Waals surface area contributed by atoms with Gasteiger partial charge in [0.15, 0.2) is 0 Å². The van der Waals surface area contributed by atoms with Gasteiger partial charge in [-0.25, -0.2) is 0 Å². The van der Waals surface area contributed by atoms with Crippen LogP contribution < -0.4 is 5.32 Å². The Hall–Kier alpha value is -0.890. The molecule has 3 unspecified atom stereocenters. The molecule has 0 amide bonds. The third-order valence-electron chi connectivity index (χ3n) is 5.24. The lowest BCUT2D eigenvalue weighted by molar-refractivity contribution is 0.0973. The molecule has 118 valence electrons. The standard InChI is InChI=1S/C19H32N2/c1-5-20-14-16-8-9-18(19(2,3)4)12-17(16)11-15-7-6-10-21-13-15/h6-7,10,13,16-18,20H,5,8-9,11-12,14H2,1-4H3. The van der Waals surface area contributed by atoms with Crippen molar-refractivity contribution in [3.05, 3.63) is 30.1 Å². The number of rotatable bonds is 5. The van der Waals surface area contributed by atoms with Gasteiger partial charge < -0.3 is 5.32 Å². The maximum absolute atomic E-state index is 4.29. The predicted octanol–water partition coefficient (Wildman–Crippen LogP) is 4.31. The van der Waals surface area contributed by atoms with Crippen LogP contribution in [0.25, 0.3) is 0 Å². The summed E-state index contributed by atoms with van der Waals surface area (Å²) in [4.78, 5) is 4.29. The fraction of sp³-hybridized carbons (Fsp3) is 0.737. The van der Waals surface area contributed by atoms with Gasteiger partial charge in [-0.3, -0.25) is 4.98 Å². The highest BCUT2D eigenvalue weighted by Crippen LogP contribution is 2.43. The Balaban J connectivity index is 2.05. The van der Waals surface area contributed by atoms with Crippen LogP contribution in [0.4, 0.5) is 0 Å². The summed E-state index contributed by atoms with van der Waals surface area (Å²) in [5.74, 6) is 2.48. The van der Waals surface area contributed by atoms with Crippen LogP contribution in [0.1, 0.15) is 52.5 Å². The van der Waals surface area contributed by atoms with Gasteiger partial charge in [0.1, 0.15) is 0 Å². The lowest BCUT2D eigenvalue weighted by Crippen LogP contribution is -2.37. The van der Waals surface area contributed by atoms with E-state index in [9.17, 15) is 0 Å². The molecule has 2 nitrogen and oxygen atoms in total. The summed E-state index contributed by atoms with van der Waals surface area (Å²) in [6.07, 6.45) is 9.25. The molecule has 3 atom stereocenters. The Morgan fingerprint density at radius 2 is 2.05 bits per heavy atom. The fourth-order valence-corrected chi connectivity index (χ4v) is 3.78. The van der Waals surface area contributed by atoms with Crippen LogP contribution in [0.15, 0.2) is 24.5 Å². The zero-order valence-corrected chi connectivity index (χ0v) is 14.2. The first-order valence-electron chi connectivity index (χ1n) is 8.60. The summed E-state index contributed by atoms with van der Waals surface area (Å²) >= 11 is 0. The van der Waals surface area contributed by atoms with E-state index in [0.29, 0.717) is 5.41 Å². The van der Waals surface area contributed by atoms with Crippen LogP contribution in [0.5, 0.6) is 0 Å². The molecule has 1 aromatic rings. The Bertz CT molecular complexity index is 407. The lowest BCUT2D eigenvalue weighted by atomic mass is 9.64. The molecule has 21 heavy (non-hydrogen) atoms. The highest BCUT2D eigenvalue weighted by Gasteiger charge is 2.35. The minimum atomic E-state index is 0.441. The maximum Gasteiger partial charge on any atom is 0.0299 e.